The summed E-state index contributed by atoms with van der Waals surface area (Å²) in [7, 11) is 1.35. The Morgan fingerprint density at radius 3 is 2.00 bits per heavy atom. The van der Waals surface area contributed by atoms with Gasteiger partial charge >= 0.3 is 7.82 Å². The Kier molecular flexibility index (Phi) is 24.2. The van der Waals surface area contributed by atoms with E-state index in [9.17, 15) is 19.4 Å². The molecule has 0 aromatic carbocycles. The van der Waals surface area contributed by atoms with Gasteiger partial charge in [0.1, 0.15) is 25.4 Å². The third-order valence-corrected chi connectivity index (χ3v) is 7.59. The molecular formula is C31H61NO7P+. The molecule has 0 heterocycles. The summed E-state index contributed by atoms with van der Waals surface area (Å²) in [6, 6.07) is 0. The number of aliphatic hydroxyl groups is 1. The van der Waals surface area contributed by atoms with E-state index in [2.05, 4.69) is 38.2 Å². The maximum absolute atomic E-state index is 13.0. The monoisotopic (exact) mass is 590 g/mol. The van der Waals surface area contributed by atoms with Gasteiger partial charge in [-0.25, -0.2) is 4.57 Å². The van der Waals surface area contributed by atoms with E-state index in [-0.39, 0.29) is 18.8 Å². The van der Waals surface area contributed by atoms with Crippen molar-refractivity contribution in [2.45, 2.75) is 122 Å². The molecular weight excluding hydrogens is 529 g/mol. The van der Waals surface area contributed by atoms with Gasteiger partial charge < -0.3 is 19.2 Å². The van der Waals surface area contributed by atoms with Gasteiger partial charge in [-0.2, -0.15) is 0 Å². The van der Waals surface area contributed by atoms with Gasteiger partial charge in [0, 0.05) is 13.0 Å². The largest absolute Gasteiger partial charge is 0.472 e. The highest BCUT2D eigenvalue weighted by Gasteiger charge is 2.36. The van der Waals surface area contributed by atoms with Gasteiger partial charge in [0.2, 0.25) is 0 Å². The van der Waals surface area contributed by atoms with Crippen molar-refractivity contribution in [3.8, 4) is 0 Å². The van der Waals surface area contributed by atoms with Crippen molar-refractivity contribution in [2.24, 2.45) is 0 Å². The standard InChI is InChI=1S/C31H60NO7P/c1-6-8-10-11-12-13-14-15-16-17-18-19-20-21-22-24-29(34)31(37-26-23-9-7-2)30(28-33)39-40(35,36)38-27-25-32(3,4)5/h12-13,15-16,30-31,33H,6-11,14,17-28H2,1-5H3/p+1/b13-12-,16-15-/t30-,31?/m0/s1. The van der Waals surface area contributed by atoms with Crippen LogP contribution >= 0.6 is 7.82 Å². The zero-order chi connectivity index (χ0) is 30.1. The highest BCUT2D eigenvalue weighted by Crippen LogP contribution is 2.45. The summed E-state index contributed by atoms with van der Waals surface area (Å²) in [6.07, 6.45) is 21.7. The maximum Gasteiger partial charge on any atom is 0.472 e. The Labute approximate surface area is 245 Å². The van der Waals surface area contributed by atoms with Crippen molar-refractivity contribution >= 4 is 13.6 Å². The van der Waals surface area contributed by atoms with Gasteiger partial charge in [-0.05, 0) is 44.9 Å². The number of aliphatic hydroxyl groups excluding tert-OH is 1. The number of allylic oxidation sites excluding steroid dienone is 4. The van der Waals surface area contributed by atoms with Crippen LogP contribution in [0.4, 0.5) is 0 Å². The molecule has 0 radical (unpaired) electrons. The quantitative estimate of drug-likeness (QED) is 0.0432. The third kappa shape index (κ3) is 23.8. The summed E-state index contributed by atoms with van der Waals surface area (Å²) in [4.78, 5) is 23.2. The first kappa shape index (κ1) is 39.1. The second kappa shape index (κ2) is 24.7. The van der Waals surface area contributed by atoms with Crippen LogP contribution in [0, 0.1) is 0 Å². The zero-order valence-corrected chi connectivity index (χ0v) is 27.1. The normalized spacial score (nSPS) is 15.6. The summed E-state index contributed by atoms with van der Waals surface area (Å²) >= 11 is 0. The number of quaternary nitrogens is 1. The van der Waals surface area contributed by atoms with Crippen LogP contribution in [0.25, 0.3) is 0 Å². The molecule has 0 aliphatic heterocycles. The molecule has 0 saturated carbocycles. The van der Waals surface area contributed by atoms with Gasteiger partial charge in [-0.15, -0.1) is 0 Å². The van der Waals surface area contributed by atoms with Gasteiger partial charge in [-0.3, -0.25) is 13.8 Å². The topological polar surface area (TPSA) is 102 Å². The van der Waals surface area contributed by atoms with Gasteiger partial charge in [0.05, 0.1) is 27.7 Å². The number of Topliss-reactive ketones (excluding diaryl/α,β-unsaturated/α-hetero) is 1. The number of likely N-dealkylation sites (N-methyl/N-ethyl adjacent to an activating group) is 1. The first-order chi connectivity index (χ1) is 19.1. The van der Waals surface area contributed by atoms with Crippen molar-refractivity contribution in [3.05, 3.63) is 24.3 Å². The summed E-state index contributed by atoms with van der Waals surface area (Å²) in [5.41, 5.74) is 0. The molecule has 0 spiro atoms. The molecule has 0 aliphatic rings. The van der Waals surface area contributed by atoms with E-state index in [0.717, 1.165) is 57.8 Å². The van der Waals surface area contributed by atoms with E-state index in [1.54, 1.807) is 0 Å². The number of rotatable bonds is 28. The van der Waals surface area contributed by atoms with Crippen molar-refractivity contribution in [1.29, 1.82) is 0 Å². The number of nitrogens with zero attached hydrogens (tertiary/aromatic N) is 1. The van der Waals surface area contributed by atoms with Crippen LogP contribution in [0.3, 0.4) is 0 Å². The number of hydrogen-bond donors (Lipinski definition) is 2. The van der Waals surface area contributed by atoms with E-state index < -0.39 is 26.6 Å². The van der Waals surface area contributed by atoms with E-state index in [1.807, 2.05) is 21.1 Å². The van der Waals surface area contributed by atoms with E-state index >= 15 is 0 Å². The number of carbonyl (C=O) groups excluding carboxylic acids is 1. The van der Waals surface area contributed by atoms with Crippen LogP contribution in [0.15, 0.2) is 24.3 Å². The highest BCUT2D eigenvalue weighted by molar-refractivity contribution is 7.47. The van der Waals surface area contributed by atoms with Crippen LogP contribution in [0.1, 0.15) is 110 Å². The number of phosphoric acid groups is 1. The average molecular weight is 591 g/mol. The summed E-state index contributed by atoms with van der Waals surface area (Å²) in [5.74, 6) is -0.215. The second-order valence-corrected chi connectivity index (χ2v) is 13.0. The lowest BCUT2D eigenvalue weighted by atomic mass is 10.0. The van der Waals surface area contributed by atoms with Gasteiger partial charge in [0.15, 0.2) is 5.78 Å². The molecule has 0 fully saturated rings. The number of phosphoric ester groups is 1. The maximum atomic E-state index is 13.0. The Morgan fingerprint density at radius 1 is 0.825 bits per heavy atom. The van der Waals surface area contributed by atoms with Crippen molar-refractivity contribution in [3.63, 3.8) is 0 Å². The van der Waals surface area contributed by atoms with Crippen molar-refractivity contribution in [2.75, 3.05) is 47.5 Å². The zero-order valence-electron chi connectivity index (χ0n) is 26.2. The number of ether oxygens (including phenoxy) is 1. The highest BCUT2D eigenvalue weighted by atomic mass is 31.2. The van der Waals surface area contributed by atoms with Crippen molar-refractivity contribution < 1.29 is 37.6 Å². The molecule has 8 nitrogen and oxygen atoms in total. The third-order valence-electron chi connectivity index (χ3n) is 6.54. The molecule has 0 aromatic heterocycles. The second-order valence-electron chi connectivity index (χ2n) is 11.6. The SMILES string of the molecule is CCCCC/C=C\C/C=C\CCCCCCCC(=O)C(OCCCCC)[C@H](CO)OP(=O)(O)OCC[N+](C)(C)C. The van der Waals surface area contributed by atoms with E-state index in [4.69, 9.17) is 13.8 Å². The van der Waals surface area contributed by atoms with E-state index in [0.29, 0.717) is 24.1 Å². The first-order valence-corrected chi connectivity index (χ1v) is 17.1. The molecule has 0 saturated heterocycles. The summed E-state index contributed by atoms with van der Waals surface area (Å²) < 4.78 is 29.2. The molecule has 2 unspecified atom stereocenters. The van der Waals surface area contributed by atoms with Crippen LogP contribution < -0.4 is 0 Å². The molecule has 3 atom stereocenters. The minimum atomic E-state index is -4.46. The molecule has 0 aliphatic carbocycles. The summed E-state index contributed by atoms with van der Waals surface area (Å²) in [5, 5.41) is 9.91. The molecule has 9 heteroatoms. The minimum Gasteiger partial charge on any atom is -0.394 e. The van der Waals surface area contributed by atoms with Gasteiger partial charge in [-0.1, -0.05) is 83.1 Å². The number of carbonyl (C=O) groups is 1. The van der Waals surface area contributed by atoms with Crippen LogP contribution in [0.2, 0.25) is 0 Å². The lowest BCUT2D eigenvalue weighted by Crippen LogP contribution is -2.41. The van der Waals surface area contributed by atoms with Crippen molar-refractivity contribution in [1.82, 2.24) is 0 Å². The Hall–Kier alpha value is -0.860. The van der Waals surface area contributed by atoms with Crippen LogP contribution in [-0.2, 0) is 23.1 Å². The Balaban J connectivity index is 4.51. The molecule has 0 rings (SSSR count). The number of ketones is 1. The Morgan fingerprint density at radius 2 is 1.40 bits per heavy atom. The first-order valence-electron chi connectivity index (χ1n) is 15.6. The predicted octanol–water partition coefficient (Wildman–Crippen LogP) is 7.15. The van der Waals surface area contributed by atoms with Gasteiger partial charge in [0.25, 0.3) is 0 Å². The fourth-order valence-corrected chi connectivity index (χ4v) is 4.93. The molecule has 0 amide bonds. The molecule has 236 valence electrons. The fraction of sp³-hybridized carbons (Fsp3) is 0.839. The molecule has 2 N–H and O–H groups in total. The number of unbranched alkanes of at least 4 members (excludes halogenated alkanes) is 10. The smallest absolute Gasteiger partial charge is 0.394 e. The van der Waals surface area contributed by atoms with Crippen LogP contribution in [0.5, 0.6) is 0 Å². The molecule has 0 aromatic rings. The lowest BCUT2D eigenvalue weighted by molar-refractivity contribution is -0.870. The fourth-order valence-electron chi connectivity index (χ4n) is 4.04. The Bertz CT molecular complexity index is 721. The molecule has 0 bridgehead atoms. The summed E-state index contributed by atoms with van der Waals surface area (Å²) in [6.45, 7) is 4.52. The minimum absolute atomic E-state index is 0.0113. The molecule has 40 heavy (non-hydrogen) atoms. The number of hydrogen-bond acceptors (Lipinski definition) is 6. The average Bonchev–Trinajstić information content (AvgIpc) is 2.88. The van der Waals surface area contributed by atoms with E-state index in [1.165, 1.54) is 25.7 Å². The predicted molar refractivity (Wildman–Crippen MR) is 164 cm³/mol. The lowest BCUT2D eigenvalue weighted by Gasteiger charge is -2.27. The van der Waals surface area contributed by atoms with Crippen LogP contribution in [-0.4, -0.2) is 80.0 Å².